The van der Waals surface area contributed by atoms with Gasteiger partial charge in [0.25, 0.3) is 0 Å². The van der Waals surface area contributed by atoms with Gasteiger partial charge in [-0.2, -0.15) is 0 Å². The third kappa shape index (κ3) is 4.73. The molecule has 1 fully saturated rings. The molecule has 0 radical (unpaired) electrons. The highest BCUT2D eigenvalue weighted by atomic mass is 16.6. The van der Waals surface area contributed by atoms with Gasteiger partial charge in [-0.15, -0.1) is 0 Å². The first-order valence-electron chi connectivity index (χ1n) is 8.25. The van der Waals surface area contributed by atoms with Crippen LogP contribution in [-0.4, -0.2) is 24.2 Å². The number of carbonyl (C=O) groups is 1. The average Bonchev–Trinajstić information content (AvgIpc) is 2.54. The number of ether oxygens (including phenoxy) is 2. The number of carbonyl (C=O) groups excluding carboxylic acids is 1. The summed E-state index contributed by atoms with van der Waals surface area (Å²) >= 11 is 0. The van der Waals surface area contributed by atoms with E-state index in [2.05, 4.69) is 0 Å². The van der Waals surface area contributed by atoms with Crippen LogP contribution in [-0.2, 0) is 9.53 Å². The summed E-state index contributed by atoms with van der Waals surface area (Å²) in [6.07, 6.45) is 5.38. The van der Waals surface area contributed by atoms with Crippen molar-refractivity contribution in [1.82, 2.24) is 0 Å². The summed E-state index contributed by atoms with van der Waals surface area (Å²) in [7, 11) is 0. The van der Waals surface area contributed by atoms with Crippen LogP contribution < -0.4 is 10.5 Å². The first-order chi connectivity index (χ1) is 10.6. The van der Waals surface area contributed by atoms with E-state index in [4.69, 9.17) is 15.2 Å². The first kappa shape index (κ1) is 16.8. The molecule has 4 nitrogen and oxygen atoms in total. The van der Waals surface area contributed by atoms with E-state index in [1.54, 1.807) is 6.92 Å². The van der Waals surface area contributed by atoms with E-state index >= 15 is 0 Å². The van der Waals surface area contributed by atoms with Crippen molar-refractivity contribution in [2.24, 2.45) is 11.7 Å². The highest BCUT2D eigenvalue weighted by molar-refractivity contribution is 5.75. The van der Waals surface area contributed by atoms with E-state index in [0.29, 0.717) is 5.92 Å². The van der Waals surface area contributed by atoms with Crippen molar-refractivity contribution in [2.75, 3.05) is 0 Å². The van der Waals surface area contributed by atoms with E-state index in [1.807, 2.05) is 37.3 Å². The molecule has 2 N–H and O–H groups in total. The summed E-state index contributed by atoms with van der Waals surface area (Å²) in [5.41, 5.74) is 5.65. The third-order valence-electron chi connectivity index (χ3n) is 4.27. The smallest absolute Gasteiger partial charge is 0.323 e. The standard InChI is InChI=1S/C18H27NO3/c1-13(19)18(20)22-17(15-9-5-3-6-10-15)14(2)21-16-11-7-4-8-12-16/h4,7-8,11-15,17H,3,5-6,9-10,19H2,1-2H3/t13-,14-,17?/m0/s1. The minimum absolute atomic E-state index is 0.187. The molecule has 0 aromatic heterocycles. The van der Waals surface area contributed by atoms with Crippen LogP contribution in [0.4, 0.5) is 0 Å². The molecule has 3 atom stereocenters. The SMILES string of the molecule is C[C@H](N)C(=O)OC(C1CCCCC1)[C@H](C)Oc1ccccc1. The van der Waals surface area contributed by atoms with Gasteiger partial charge < -0.3 is 15.2 Å². The maximum atomic E-state index is 11.9. The van der Waals surface area contributed by atoms with E-state index in [9.17, 15) is 4.79 Å². The molecule has 0 spiro atoms. The zero-order valence-corrected chi connectivity index (χ0v) is 13.5. The number of para-hydroxylation sites is 1. The minimum atomic E-state index is -0.602. The van der Waals surface area contributed by atoms with Gasteiger partial charge in [-0.3, -0.25) is 4.79 Å². The number of esters is 1. The molecule has 1 unspecified atom stereocenters. The maximum absolute atomic E-state index is 11.9. The monoisotopic (exact) mass is 305 g/mol. The molecule has 1 aliphatic rings. The quantitative estimate of drug-likeness (QED) is 0.819. The molecule has 0 heterocycles. The number of hydrogen-bond donors (Lipinski definition) is 1. The molecular weight excluding hydrogens is 278 g/mol. The van der Waals surface area contributed by atoms with Gasteiger partial charge in [0.15, 0.2) is 0 Å². The zero-order valence-electron chi connectivity index (χ0n) is 13.5. The van der Waals surface area contributed by atoms with Crippen molar-refractivity contribution in [3.05, 3.63) is 30.3 Å². The Balaban J connectivity index is 2.06. The van der Waals surface area contributed by atoms with Crippen LogP contribution in [0.3, 0.4) is 0 Å². The van der Waals surface area contributed by atoms with Crippen LogP contribution in [0.2, 0.25) is 0 Å². The second-order valence-corrected chi connectivity index (χ2v) is 6.22. The normalized spacial score (nSPS) is 20.0. The second-order valence-electron chi connectivity index (χ2n) is 6.22. The van der Waals surface area contributed by atoms with Crippen LogP contribution in [0.15, 0.2) is 30.3 Å². The summed E-state index contributed by atoms with van der Waals surface area (Å²) in [5, 5.41) is 0. The largest absolute Gasteiger partial charge is 0.487 e. The number of benzene rings is 1. The Labute approximate surface area is 133 Å². The Bertz CT molecular complexity index is 455. The van der Waals surface area contributed by atoms with Crippen LogP contribution in [0, 0.1) is 5.92 Å². The Hall–Kier alpha value is -1.55. The van der Waals surface area contributed by atoms with Gasteiger partial charge in [-0.25, -0.2) is 0 Å². The van der Waals surface area contributed by atoms with Crippen LogP contribution in [0.25, 0.3) is 0 Å². The van der Waals surface area contributed by atoms with E-state index in [-0.39, 0.29) is 18.2 Å². The molecular formula is C18H27NO3. The molecule has 0 aliphatic heterocycles. The van der Waals surface area contributed by atoms with Crippen molar-refractivity contribution in [1.29, 1.82) is 0 Å². The van der Waals surface area contributed by atoms with Gasteiger partial charge in [0.1, 0.15) is 24.0 Å². The summed E-state index contributed by atoms with van der Waals surface area (Å²) in [6, 6.07) is 9.06. The number of hydrogen-bond acceptors (Lipinski definition) is 4. The highest BCUT2D eigenvalue weighted by Crippen LogP contribution is 2.31. The van der Waals surface area contributed by atoms with E-state index < -0.39 is 6.04 Å². The van der Waals surface area contributed by atoms with Crippen molar-refractivity contribution in [2.45, 2.75) is 64.2 Å². The fourth-order valence-electron chi connectivity index (χ4n) is 3.06. The average molecular weight is 305 g/mol. The van der Waals surface area contributed by atoms with Crippen LogP contribution in [0.5, 0.6) is 5.75 Å². The molecule has 0 amide bonds. The molecule has 0 saturated heterocycles. The molecule has 0 bridgehead atoms. The van der Waals surface area contributed by atoms with Crippen LogP contribution in [0.1, 0.15) is 46.0 Å². The van der Waals surface area contributed by atoms with Gasteiger partial charge >= 0.3 is 5.97 Å². The Morgan fingerprint density at radius 1 is 1.14 bits per heavy atom. The van der Waals surface area contributed by atoms with Crippen molar-refractivity contribution in [3.63, 3.8) is 0 Å². The molecule has 4 heteroatoms. The van der Waals surface area contributed by atoms with Gasteiger partial charge in [-0.1, -0.05) is 37.5 Å². The van der Waals surface area contributed by atoms with Gasteiger partial charge in [-0.05, 0) is 44.7 Å². The second kappa shape index (κ2) is 8.18. The Kier molecular flexibility index (Phi) is 6.25. The molecule has 2 rings (SSSR count). The zero-order chi connectivity index (χ0) is 15.9. The lowest BCUT2D eigenvalue weighted by atomic mass is 9.83. The molecule has 1 saturated carbocycles. The topological polar surface area (TPSA) is 61.6 Å². The lowest BCUT2D eigenvalue weighted by Crippen LogP contribution is -2.43. The molecule has 1 aliphatic carbocycles. The molecule has 22 heavy (non-hydrogen) atoms. The highest BCUT2D eigenvalue weighted by Gasteiger charge is 2.33. The Morgan fingerprint density at radius 2 is 1.77 bits per heavy atom. The molecule has 122 valence electrons. The van der Waals surface area contributed by atoms with E-state index in [1.165, 1.54) is 19.3 Å². The van der Waals surface area contributed by atoms with E-state index in [0.717, 1.165) is 18.6 Å². The molecule has 1 aromatic rings. The number of rotatable bonds is 6. The van der Waals surface area contributed by atoms with Crippen molar-refractivity contribution >= 4 is 5.97 Å². The summed E-state index contributed by atoms with van der Waals surface area (Å²) in [5.74, 6) is 0.807. The minimum Gasteiger partial charge on any atom is -0.487 e. The predicted molar refractivity (Wildman–Crippen MR) is 86.6 cm³/mol. The maximum Gasteiger partial charge on any atom is 0.323 e. The van der Waals surface area contributed by atoms with Crippen molar-refractivity contribution < 1.29 is 14.3 Å². The Morgan fingerprint density at radius 3 is 2.36 bits per heavy atom. The van der Waals surface area contributed by atoms with Crippen molar-refractivity contribution in [3.8, 4) is 5.75 Å². The lowest BCUT2D eigenvalue weighted by Gasteiger charge is -2.34. The van der Waals surface area contributed by atoms with Gasteiger partial charge in [0.05, 0.1) is 0 Å². The number of nitrogens with two attached hydrogens (primary N) is 1. The third-order valence-corrected chi connectivity index (χ3v) is 4.27. The lowest BCUT2D eigenvalue weighted by molar-refractivity contribution is -0.159. The van der Waals surface area contributed by atoms with Gasteiger partial charge in [0.2, 0.25) is 0 Å². The summed E-state index contributed by atoms with van der Waals surface area (Å²) in [4.78, 5) is 11.9. The van der Waals surface area contributed by atoms with Crippen LogP contribution >= 0.6 is 0 Å². The predicted octanol–water partition coefficient (Wildman–Crippen LogP) is 3.29. The summed E-state index contributed by atoms with van der Waals surface area (Å²) < 4.78 is 11.7. The summed E-state index contributed by atoms with van der Waals surface area (Å²) in [6.45, 7) is 3.63. The first-order valence-corrected chi connectivity index (χ1v) is 8.25. The fraction of sp³-hybridized carbons (Fsp3) is 0.611. The fourth-order valence-corrected chi connectivity index (χ4v) is 3.06. The molecule has 1 aromatic carbocycles. The van der Waals surface area contributed by atoms with Gasteiger partial charge in [0, 0.05) is 0 Å².